The van der Waals surface area contributed by atoms with Crippen LogP contribution in [0.2, 0.25) is 0 Å². The number of hydrogen-bond acceptors (Lipinski definition) is 2. The van der Waals surface area contributed by atoms with E-state index in [1.54, 1.807) is 0 Å². The van der Waals surface area contributed by atoms with Crippen LogP contribution in [0.3, 0.4) is 0 Å². The molecule has 0 aliphatic rings. The lowest BCUT2D eigenvalue weighted by molar-refractivity contribution is 0.127. The third kappa shape index (κ3) is 3.25. The smallest absolute Gasteiger partial charge is 0.0923 e. The van der Waals surface area contributed by atoms with Crippen LogP contribution < -0.4 is 0 Å². The fraction of sp³-hybridized carbons (Fsp3) is 0.182. The van der Waals surface area contributed by atoms with Crippen LogP contribution in [0.25, 0.3) is 21.5 Å². The summed E-state index contributed by atoms with van der Waals surface area (Å²) in [5, 5.41) is 15.6. The third-order valence-corrected chi connectivity index (χ3v) is 4.36. The predicted molar refractivity (Wildman–Crippen MR) is 103 cm³/mol. The second-order valence-electron chi connectivity index (χ2n) is 6.04. The van der Waals surface area contributed by atoms with E-state index in [1.807, 2.05) is 30.4 Å². The number of aliphatic hydroxyl groups is 1. The van der Waals surface area contributed by atoms with Crippen LogP contribution in [0.1, 0.15) is 11.7 Å². The summed E-state index contributed by atoms with van der Waals surface area (Å²) in [4.78, 5) is 2.13. The number of fused-ring (bicyclic) bond motifs is 3. The second-order valence-corrected chi connectivity index (χ2v) is 6.04. The summed E-state index contributed by atoms with van der Waals surface area (Å²) in [6.45, 7) is 9.61. The minimum atomic E-state index is -0.556. The van der Waals surface area contributed by atoms with Crippen molar-refractivity contribution < 1.29 is 5.11 Å². The van der Waals surface area contributed by atoms with Gasteiger partial charge in [0.2, 0.25) is 0 Å². The molecular formula is C22H23NO. The first-order valence-electron chi connectivity index (χ1n) is 8.27. The van der Waals surface area contributed by atoms with Gasteiger partial charge in [0, 0.05) is 19.6 Å². The van der Waals surface area contributed by atoms with E-state index in [2.05, 4.69) is 54.5 Å². The average Bonchev–Trinajstić information content (AvgIpc) is 2.61. The lowest BCUT2D eigenvalue weighted by Crippen LogP contribution is -2.29. The quantitative estimate of drug-likeness (QED) is 0.504. The molecule has 0 bridgehead atoms. The van der Waals surface area contributed by atoms with Crippen LogP contribution in [0, 0.1) is 0 Å². The summed E-state index contributed by atoms with van der Waals surface area (Å²) in [7, 11) is 0. The maximum absolute atomic E-state index is 10.9. The van der Waals surface area contributed by atoms with E-state index in [4.69, 9.17) is 0 Å². The molecule has 0 amide bonds. The number of aliphatic hydroxyl groups excluding tert-OH is 1. The van der Waals surface area contributed by atoms with Gasteiger partial charge in [0.25, 0.3) is 0 Å². The van der Waals surface area contributed by atoms with Crippen LogP contribution in [0.15, 0.2) is 79.9 Å². The SMILES string of the molecule is C=CCN(CC=C)CC(O)c1cc2ccccc2c2ccccc12. The number of hydrogen-bond donors (Lipinski definition) is 1. The molecule has 3 aromatic carbocycles. The molecule has 3 aromatic rings. The number of nitrogens with zero attached hydrogens (tertiary/aromatic N) is 1. The molecular weight excluding hydrogens is 294 g/mol. The zero-order chi connectivity index (χ0) is 16.9. The van der Waals surface area contributed by atoms with E-state index in [0.717, 1.165) is 29.4 Å². The summed E-state index contributed by atoms with van der Waals surface area (Å²) >= 11 is 0. The molecule has 0 fully saturated rings. The van der Waals surface area contributed by atoms with Crippen molar-refractivity contribution in [3.8, 4) is 0 Å². The highest BCUT2D eigenvalue weighted by Crippen LogP contribution is 2.32. The van der Waals surface area contributed by atoms with Crippen molar-refractivity contribution in [2.45, 2.75) is 6.10 Å². The zero-order valence-corrected chi connectivity index (χ0v) is 13.9. The normalized spacial score (nSPS) is 12.6. The van der Waals surface area contributed by atoms with Gasteiger partial charge in [0.15, 0.2) is 0 Å². The van der Waals surface area contributed by atoms with E-state index >= 15 is 0 Å². The maximum Gasteiger partial charge on any atom is 0.0923 e. The maximum atomic E-state index is 10.9. The van der Waals surface area contributed by atoms with E-state index in [0.29, 0.717) is 6.54 Å². The molecule has 0 heterocycles. The van der Waals surface area contributed by atoms with Crippen LogP contribution in [-0.2, 0) is 0 Å². The minimum absolute atomic E-state index is 0.556. The summed E-state index contributed by atoms with van der Waals surface area (Å²) in [5.74, 6) is 0. The molecule has 1 atom stereocenters. The van der Waals surface area contributed by atoms with Gasteiger partial charge in [-0.1, -0.05) is 60.7 Å². The fourth-order valence-electron chi connectivity index (χ4n) is 3.29. The molecule has 0 saturated carbocycles. The van der Waals surface area contributed by atoms with Crippen LogP contribution in [-0.4, -0.2) is 29.6 Å². The molecule has 0 aliphatic heterocycles. The first kappa shape index (κ1) is 16.4. The predicted octanol–water partition coefficient (Wildman–Crippen LogP) is 4.70. The van der Waals surface area contributed by atoms with Crippen LogP contribution in [0.5, 0.6) is 0 Å². The van der Waals surface area contributed by atoms with Crippen molar-refractivity contribution in [2.75, 3.05) is 19.6 Å². The van der Waals surface area contributed by atoms with Crippen molar-refractivity contribution in [1.82, 2.24) is 4.90 Å². The first-order chi connectivity index (χ1) is 11.7. The highest BCUT2D eigenvalue weighted by Gasteiger charge is 2.16. The average molecular weight is 317 g/mol. The fourth-order valence-corrected chi connectivity index (χ4v) is 3.29. The Kier molecular flexibility index (Phi) is 5.09. The Morgan fingerprint density at radius 2 is 1.46 bits per heavy atom. The summed E-state index contributed by atoms with van der Waals surface area (Å²) in [5.41, 5.74) is 0.974. The summed E-state index contributed by atoms with van der Waals surface area (Å²) < 4.78 is 0. The standard InChI is InChI=1S/C22H23NO/c1-3-13-23(14-4-2)16-22(24)21-15-17-9-5-6-10-18(17)19-11-7-8-12-20(19)21/h3-12,15,22,24H,1-2,13-14,16H2. The summed E-state index contributed by atoms with van der Waals surface area (Å²) in [6.07, 6.45) is 3.16. The van der Waals surface area contributed by atoms with Gasteiger partial charge in [-0.25, -0.2) is 0 Å². The van der Waals surface area contributed by atoms with Gasteiger partial charge in [0.05, 0.1) is 6.10 Å². The van der Waals surface area contributed by atoms with Gasteiger partial charge in [0.1, 0.15) is 0 Å². The van der Waals surface area contributed by atoms with Crippen LogP contribution >= 0.6 is 0 Å². The van der Waals surface area contributed by atoms with Crippen molar-refractivity contribution in [2.24, 2.45) is 0 Å². The molecule has 122 valence electrons. The minimum Gasteiger partial charge on any atom is -0.387 e. The third-order valence-electron chi connectivity index (χ3n) is 4.36. The molecule has 24 heavy (non-hydrogen) atoms. The molecule has 0 radical (unpaired) electrons. The molecule has 1 N–H and O–H groups in total. The Balaban J connectivity index is 2.06. The summed E-state index contributed by atoms with van der Waals surface area (Å²) in [6, 6.07) is 18.7. The van der Waals surface area contributed by atoms with Crippen molar-refractivity contribution in [3.05, 3.63) is 85.5 Å². The molecule has 0 saturated heterocycles. The molecule has 0 aromatic heterocycles. The second kappa shape index (κ2) is 7.43. The lowest BCUT2D eigenvalue weighted by atomic mass is 9.94. The molecule has 0 aliphatic carbocycles. The van der Waals surface area contributed by atoms with Gasteiger partial charge < -0.3 is 5.11 Å². The number of benzene rings is 3. The topological polar surface area (TPSA) is 23.5 Å². The van der Waals surface area contributed by atoms with Gasteiger partial charge in [-0.05, 0) is 33.2 Å². The van der Waals surface area contributed by atoms with E-state index in [-0.39, 0.29) is 0 Å². The molecule has 2 nitrogen and oxygen atoms in total. The Morgan fingerprint density at radius 1 is 0.875 bits per heavy atom. The van der Waals surface area contributed by atoms with E-state index in [1.165, 1.54) is 10.8 Å². The molecule has 3 rings (SSSR count). The van der Waals surface area contributed by atoms with E-state index < -0.39 is 6.10 Å². The highest BCUT2D eigenvalue weighted by molar-refractivity contribution is 6.09. The first-order valence-corrected chi connectivity index (χ1v) is 8.27. The zero-order valence-electron chi connectivity index (χ0n) is 13.9. The van der Waals surface area contributed by atoms with Crippen molar-refractivity contribution in [1.29, 1.82) is 0 Å². The Bertz CT molecular complexity index is 858. The Labute approximate surface area is 143 Å². The molecule has 1 unspecified atom stereocenters. The van der Waals surface area contributed by atoms with Crippen molar-refractivity contribution in [3.63, 3.8) is 0 Å². The van der Waals surface area contributed by atoms with Gasteiger partial charge in [-0.2, -0.15) is 0 Å². The monoisotopic (exact) mass is 317 g/mol. The lowest BCUT2D eigenvalue weighted by Gasteiger charge is -2.24. The van der Waals surface area contributed by atoms with Crippen molar-refractivity contribution >= 4 is 21.5 Å². The molecule has 0 spiro atoms. The van der Waals surface area contributed by atoms with Gasteiger partial charge in [-0.15, -0.1) is 13.2 Å². The Hall–Kier alpha value is -2.42. The highest BCUT2D eigenvalue weighted by atomic mass is 16.3. The van der Waals surface area contributed by atoms with Gasteiger partial charge in [-0.3, -0.25) is 4.90 Å². The van der Waals surface area contributed by atoms with E-state index in [9.17, 15) is 5.11 Å². The van der Waals surface area contributed by atoms with Gasteiger partial charge >= 0.3 is 0 Å². The Morgan fingerprint density at radius 3 is 2.12 bits per heavy atom. The van der Waals surface area contributed by atoms with Crippen LogP contribution in [0.4, 0.5) is 0 Å². The molecule has 2 heteroatoms. The number of rotatable bonds is 7. The largest absolute Gasteiger partial charge is 0.387 e.